The van der Waals surface area contributed by atoms with Crippen LogP contribution in [-0.2, 0) is 14.4 Å². The quantitative estimate of drug-likeness (QED) is 0.712. The smallest absolute Gasteiger partial charge is 0.323 e. The fourth-order valence-electron chi connectivity index (χ4n) is 2.55. The van der Waals surface area contributed by atoms with E-state index in [1.54, 1.807) is 0 Å². The average molecular weight is 270 g/mol. The summed E-state index contributed by atoms with van der Waals surface area (Å²) in [6.45, 7) is -0.789. The molecule has 6 nitrogen and oxygen atoms in total. The van der Waals surface area contributed by atoms with Crippen molar-refractivity contribution in [1.29, 1.82) is 0 Å². The van der Waals surface area contributed by atoms with Gasteiger partial charge >= 0.3 is 5.97 Å². The topological polar surface area (TPSA) is 101 Å². The van der Waals surface area contributed by atoms with E-state index in [4.69, 9.17) is 10.8 Å². The average Bonchev–Trinajstić information content (AvgIpc) is 2.35. The van der Waals surface area contributed by atoms with Crippen LogP contribution in [0.1, 0.15) is 44.9 Å². The zero-order valence-electron chi connectivity index (χ0n) is 11.1. The van der Waals surface area contributed by atoms with E-state index in [1.807, 2.05) is 0 Å². The van der Waals surface area contributed by atoms with Gasteiger partial charge in [-0.3, -0.25) is 14.4 Å². The van der Waals surface area contributed by atoms with Crippen molar-refractivity contribution in [3.8, 4) is 0 Å². The molecule has 1 aliphatic rings. The molecule has 108 valence electrons. The minimum absolute atomic E-state index is 0.297. The monoisotopic (exact) mass is 270 g/mol. The molecular weight excluding hydrogens is 248 g/mol. The van der Waals surface area contributed by atoms with Crippen molar-refractivity contribution in [1.82, 2.24) is 4.90 Å². The van der Waals surface area contributed by atoms with Crippen LogP contribution in [0.2, 0.25) is 0 Å². The molecule has 0 saturated heterocycles. The van der Waals surface area contributed by atoms with Gasteiger partial charge < -0.3 is 15.7 Å². The Morgan fingerprint density at radius 1 is 1.11 bits per heavy atom. The molecule has 3 N–H and O–H groups in total. The summed E-state index contributed by atoms with van der Waals surface area (Å²) in [5.74, 6) is -1.57. The van der Waals surface area contributed by atoms with Crippen LogP contribution >= 0.6 is 0 Å². The lowest BCUT2D eigenvalue weighted by Crippen LogP contribution is -2.41. The number of carbonyl (C=O) groups is 3. The Balaban J connectivity index is 2.41. The lowest BCUT2D eigenvalue weighted by atomic mass is 9.86. The number of nitrogens with zero attached hydrogens (tertiary/aromatic N) is 1. The summed E-state index contributed by atoms with van der Waals surface area (Å²) in [6, 6.07) is 0. The van der Waals surface area contributed by atoms with Crippen LogP contribution in [0.4, 0.5) is 0 Å². The standard InChI is InChI=1S/C13H22N2O4/c14-11(16)8-15(9-13(18)19)12(17)7-6-10-4-2-1-3-5-10/h10H,1-9H2,(H2,14,16)(H,18,19). The zero-order valence-corrected chi connectivity index (χ0v) is 11.1. The molecule has 1 fully saturated rings. The van der Waals surface area contributed by atoms with Crippen LogP contribution in [-0.4, -0.2) is 40.9 Å². The van der Waals surface area contributed by atoms with E-state index in [2.05, 4.69) is 0 Å². The molecule has 0 heterocycles. The summed E-state index contributed by atoms with van der Waals surface area (Å²) < 4.78 is 0. The second-order valence-electron chi connectivity index (χ2n) is 5.15. The second-order valence-corrected chi connectivity index (χ2v) is 5.15. The summed E-state index contributed by atoms with van der Waals surface area (Å²) in [5.41, 5.74) is 5.02. The highest BCUT2D eigenvalue weighted by Crippen LogP contribution is 2.27. The Bertz CT molecular complexity index is 322. The third kappa shape index (κ3) is 6.22. The highest BCUT2D eigenvalue weighted by molar-refractivity contribution is 5.86. The van der Waals surface area contributed by atoms with Gasteiger partial charge in [0.05, 0.1) is 6.54 Å². The number of nitrogens with two attached hydrogens (primary N) is 1. The number of amides is 2. The first-order chi connectivity index (χ1) is 8.99. The third-order valence-corrected chi connectivity index (χ3v) is 3.52. The van der Waals surface area contributed by atoms with Crippen LogP contribution in [0, 0.1) is 5.92 Å². The van der Waals surface area contributed by atoms with Gasteiger partial charge in [0, 0.05) is 6.42 Å². The van der Waals surface area contributed by atoms with E-state index in [9.17, 15) is 14.4 Å². The van der Waals surface area contributed by atoms with Crippen molar-refractivity contribution in [2.24, 2.45) is 11.7 Å². The molecule has 0 bridgehead atoms. The molecule has 0 atom stereocenters. The molecule has 2 amide bonds. The minimum Gasteiger partial charge on any atom is -0.480 e. The Hall–Kier alpha value is -1.59. The van der Waals surface area contributed by atoms with E-state index in [0.717, 1.165) is 24.2 Å². The van der Waals surface area contributed by atoms with Crippen LogP contribution in [0.5, 0.6) is 0 Å². The zero-order chi connectivity index (χ0) is 14.3. The molecule has 1 saturated carbocycles. The predicted molar refractivity (Wildman–Crippen MR) is 69.2 cm³/mol. The van der Waals surface area contributed by atoms with Crippen LogP contribution in [0.25, 0.3) is 0 Å². The molecule has 0 aliphatic heterocycles. The fraction of sp³-hybridized carbons (Fsp3) is 0.769. The van der Waals surface area contributed by atoms with Crippen molar-refractivity contribution in [2.75, 3.05) is 13.1 Å². The number of carboxylic acids is 1. The Kier molecular flexibility index (Phi) is 6.32. The van der Waals surface area contributed by atoms with Gasteiger partial charge in [-0.15, -0.1) is 0 Å². The maximum Gasteiger partial charge on any atom is 0.323 e. The molecule has 1 rings (SSSR count). The fourth-order valence-corrected chi connectivity index (χ4v) is 2.55. The summed E-state index contributed by atoms with van der Waals surface area (Å²) in [5, 5.41) is 8.72. The molecular formula is C13H22N2O4. The van der Waals surface area contributed by atoms with E-state index >= 15 is 0 Å². The van der Waals surface area contributed by atoms with Crippen LogP contribution in [0.15, 0.2) is 0 Å². The van der Waals surface area contributed by atoms with Crippen molar-refractivity contribution in [3.63, 3.8) is 0 Å². The van der Waals surface area contributed by atoms with Gasteiger partial charge in [0.25, 0.3) is 0 Å². The van der Waals surface area contributed by atoms with Crippen molar-refractivity contribution in [3.05, 3.63) is 0 Å². The summed E-state index contributed by atoms with van der Waals surface area (Å²) in [6.07, 6.45) is 7.03. The molecule has 19 heavy (non-hydrogen) atoms. The second kappa shape index (κ2) is 7.76. The number of hydrogen-bond acceptors (Lipinski definition) is 3. The molecule has 0 aromatic carbocycles. The van der Waals surface area contributed by atoms with Gasteiger partial charge in [0.2, 0.25) is 11.8 Å². The van der Waals surface area contributed by atoms with E-state index in [0.29, 0.717) is 12.3 Å². The van der Waals surface area contributed by atoms with Crippen molar-refractivity contribution in [2.45, 2.75) is 44.9 Å². The minimum atomic E-state index is -1.13. The van der Waals surface area contributed by atoms with Crippen molar-refractivity contribution < 1.29 is 19.5 Å². The molecule has 0 spiro atoms. The maximum atomic E-state index is 11.9. The Morgan fingerprint density at radius 2 is 1.74 bits per heavy atom. The normalized spacial score (nSPS) is 16.0. The number of primary amides is 1. The van der Waals surface area contributed by atoms with Gasteiger partial charge in [0.1, 0.15) is 6.54 Å². The molecule has 1 aliphatic carbocycles. The van der Waals surface area contributed by atoms with Gasteiger partial charge in [-0.1, -0.05) is 32.1 Å². The number of carboxylic acid groups (broad SMARTS) is 1. The highest BCUT2D eigenvalue weighted by atomic mass is 16.4. The summed E-state index contributed by atoms with van der Waals surface area (Å²) in [7, 11) is 0. The largest absolute Gasteiger partial charge is 0.480 e. The lowest BCUT2D eigenvalue weighted by Gasteiger charge is -2.23. The summed E-state index contributed by atoms with van der Waals surface area (Å²) in [4.78, 5) is 34.4. The van der Waals surface area contributed by atoms with Gasteiger partial charge in [-0.05, 0) is 12.3 Å². The SMILES string of the molecule is NC(=O)CN(CC(=O)O)C(=O)CCC1CCCCC1. The van der Waals surface area contributed by atoms with Gasteiger partial charge in [-0.25, -0.2) is 0 Å². The van der Waals surface area contributed by atoms with Gasteiger partial charge in [0.15, 0.2) is 0 Å². The van der Waals surface area contributed by atoms with Crippen LogP contribution < -0.4 is 5.73 Å². The molecule has 0 aromatic rings. The maximum absolute atomic E-state index is 11.9. The molecule has 0 radical (unpaired) electrons. The Labute approximate surface area is 112 Å². The highest BCUT2D eigenvalue weighted by Gasteiger charge is 2.21. The van der Waals surface area contributed by atoms with E-state index in [-0.39, 0.29) is 12.5 Å². The first-order valence-electron chi connectivity index (χ1n) is 6.77. The molecule has 0 aromatic heterocycles. The first kappa shape index (κ1) is 15.5. The first-order valence-corrected chi connectivity index (χ1v) is 6.77. The molecule has 6 heteroatoms. The third-order valence-electron chi connectivity index (χ3n) is 3.52. The summed E-state index contributed by atoms with van der Waals surface area (Å²) >= 11 is 0. The molecule has 0 unspecified atom stereocenters. The van der Waals surface area contributed by atoms with Crippen LogP contribution in [0.3, 0.4) is 0 Å². The van der Waals surface area contributed by atoms with E-state index in [1.165, 1.54) is 19.3 Å². The number of aliphatic carboxylic acids is 1. The lowest BCUT2D eigenvalue weighted by molar-refractivity contribution is -0.145. The number of hydrogen-bond donors (Lipinski definition) is 2. The van der Waals surface area contributed by atoms with Gasteiger partial charge in [-0.2, -0.15) is 0 Å². The van der Waals surface area contributed by atoms with E-state index < -0.39 is 18.4 Å². The van der Waals surface area contributed by atoms with Crippen molar-refractivity contribution >= 4 is 17.8 Å². The Morgan fingerprint density at radius 3 is 2.26 bits per heavy atom. The number of rotatable bonds is 7. The predicted octanol–water partition coefficient (Wildman–Crippen LogP) is 0.745. The number of carbonyl (C=O) groups excluding carboxylic acids is 2.